The smallest absolute Gasteiger partial charge is 0.224 e. The van der Waals surface area contributed by atoms with Gasteiger partial charge in [0, 0.05) is 38.6 Å². The Morgan fingerprint density at radius 2 is 1.92 bits per heavy atom. The second-order valence-electron chi connectivity index (χ2n) is 7.20. The summed E-state index contributed by atoms with van der Waals surface area (Å²) in [6, 6.07) is 0.301. The molecule has 25 heavy (non-hydrogen) atoms. The maximum Gasteiger partial charge on any atom is 0.224 e. The van der Waals surface area contributed by atoms with Gasteiger partial charge in [-0.3, -0.25) is 19.1 Å². The van der Waals surface area contributed by atoms with Crippen molar-refractivity contribution in [3.63, 3.8) is 0 Å². The van der Waals surface area contributed by atoms with Gasteiger partial charge < -0.3 is 4.90 Å². The van der Waals surface area contributed by atoms with Gasteiger partial charge >= 0.3 is 0 Å². The van der Waals surface area contributed by atoms with Crippen LogP contribution in [0.5, 0.6) is 0 Å². The molecule has 0 aliphatic carbocycles. The number of aryl methyl sites for hydroxylation is 2. The van der Waals surface area contributed by atoms with Crippen LogP contribution in [0.2, 0.25) is 0 Å². The van der Waals surface area contributed by atoms with Crippen molar-refractivity contribution < 1.29 is 4.79 Å². The van der Waals surface area contributed by atoms with Crippen LogP contribution in [0.4, 0.5) is 0 Å². The molecule has 0 bridgehead atoms. The summed E-state index contributed by atoms with van der Waals surface area (Å²) in [4.78, 5) is 17.0. The first-order valence-corrected chi connectivity index (χ1v) is 9.42. The summed E-state index contributed by atoms with van der Waals surface area (Å²) in [7, 11) is 0. The molecule has 3 heterocycles. The first kappa shape index (κ1) is 17.9. The van der Waals surface area contributed by atoms with Gasteiger partial charge in [0.25, 0.3) is 0 Å². The van der Waals surface area contributed by atoms with Crippen molar-refractivity contribution in [3.8, 4) is 0 Å². The van der Waals surface area contributed by atoms with Gasteiger partial charge in [0.05, 0.1) is 18.4 Å². The van der Waals surface area contributed by atoms with Crippen LogP contribution in [0.1, 0.15) is 45.3 Å². The van der Waals surface area contributed by atoms with Crippen molar-refractivity contribution in [2.75, 3.05) is 32.7 Å². The van der Waals surface area contributed by atoms with Crippen LogP contribution in [0.15, 0.2) is 6.20 Å². The van der Waals surface area contributed by atoms with E-state index in [2.05, 4.69) is 35.9 Å². The zero-order valence-corrected chi connectivity index (χ0v) is 15.9. The number of nitrogens with zero attached hydrogens (tertiary/aromatic N) is 6. The number of fused-ring (bicyclic) bond motifs is 1. The Kier molecular flexibility index (Phi) is 5.42. The molecule has 1 fully saturated rings. The third-order valence-corrected chi connectivity index (χ3v) is 4.96. The Labute approximate surface area is 149 Å². The lowest BCUT2D eigenvalue weighted by Gasteiger charge is -2.34. The van der Waals surface area contributed by atoms with Gasteiger partial charge in [-0.1, -0.05) is 6.92 Å². The number of piperazine rings is 1. The molecule has 138 valence electrons. The minimum Gasteiger partial charge on any atom is -0.340 e. The van der Waals surface area contributed by atoms with E-state index in [4.69, 9.17) is 0 Å². The molecule has 0 atom stereocenters. The number of amides is 1. The lowest BCUT2D eigenvalue weighted by Crippen LogP contribution is -2.48. The predicted octanol–water partition coefficient (Wildman–Crippen LogP) is 2.07. The summed E-state index contributed by atoms with van der Waals surface area (Å²) in [6.45, 7) is 13.9. The van der Waals surface area contributed by atoms with Gasteiger partial charge in [-0.2, -0.15) is 10.2 Å². The third kappa shape index (κ3) is 3.71. The molecule has 2 aromatic heterocycles. The molecule has 0 spiro atoms. The van der Waals surface area contributed by atoms with Crippen LogP contribution in [-0.2, 0) is 11.3 Å². The molecule has 1 aliphatic rings. The van der Waals surface area contributed by atoms with E-state index in [-0.39, 0.29) is 5.91 Å². The standard InChI is InChI=1S/C18H30N6O/c1-5-7-21-9-11-22(12-10-21)17(25)6-8-23-18-15(4)20-24(14(2)3)16(18)13-19-23/h13-14H,5-12H2,1-4H3. The summed E-state index contributed by atoms with van der Waals surface area (Å²) < 4.78 is 3.94. The highest BCUT2D eigenvalue weighted by molar-refractivity contribution is 5.79. The van der Waals surface area contributed by atoms with Crippen molar-refractivity contribution in [1.82, 2.24) is 29.4 Å². The molecule has 1 amide bonds. The molecule has 1 saturated heterocycles. The van der Waals surface area contributed by atoms with Crippen LogP contribution in [0, 0.1) is 6.92 Å². The molecule has 7 heteroatoms. The van der Waals surface area contributed by atoms with Crippen molar-refractivity contribution in [1.29, 1.82) is 0 Å². The van der Waals surface area contributed by atoms with Crippen molar-refractivity contribution in [3.05, 3.63) is 11.9 Å². The van der Waals surface area contributed by atoms with E-state index in [1.807, 2.05) is 27.4 Å². The Hall–Kier alpha value is -1.89. The van der Waals surface area contributed by atoms with Gasteiger partial charge in [-0.05, 0) is 33.7 Å². The molecule has 0 aromatic carbocycles. The van der Waals surface area contributed by atoms with E-state index in [0.717, 1.165) is 49.5 Å². The number of aromatic nitrogens is 4. The monoisotopic (exact) mass is 346 g/mol. The molecule has 0 N–H and O–H groups in total. The van der Waals surface area contributed by atoms with E-state index in [1.165, 1.54) is 6.42 Å². The normalized spacial score (nSPS) is 16.3. The quantitative estimate of drug-likeness (QED) is 0.803. The number of carbonyl (C=O) groups excluding carboxylic acids is 1. The largest absolute Gasteiger partial charge is 0.340 e. The van der Waals surface area contributed by atoms with Crippen molar-refractivity contribution in [2.45, 2.75) is 53.1 Å². The summed E-state index contributed by atoms with van der Waals surface area (Å²) in [6.07, 6.45) is 3.53. The van der Waals surface area contributed by atoms with Gasteiger partial charge in [0.15, 0.2) is 0 Å². The summed E-state index contributed by atoms with van der Waals surface area (Å²) >= 11 is 0. The predicted molar refractivity (Wildman–Crippen MR) is 98.6 cm³/mol. The first-order chi connectivity index (χ1) is 12.0. The second kappa shape index (κ2) is 7.56. The zero-order valence-electron chi connectivity index (χ0n) is 15.9. The molecule has 0 unspecified atom stereocenters. The Balaban J connectivity index is 1.61. The Morgan fingerprint density at radius 3 is 2.56 bits per heavy atom. The molecule has 2 aromatic rings. The van der Waals surface area contributed by atoms with Gasteiger partial charge in [-0.25, -0.2) is 0 Å². The van der Waals surface area contributed by atoms with E-state index in [9.17, 15) is 4.79 Å². The molecular formula is C18H30N6O. The van der Waals surface area contributed by atoms with Crippen molar-refractivity contribution >= 4 is 16.9 Å². The SMILES string of the molecule is CCCN1CCN(C(=O)CCn2ncc3c2c(C)nn3C(C)C)CC1. The van der Waals surface area contributed by atoms with E-state index < -0.39 is 0 Å². The fourth-order valence-corrected chi connectivity index (χ4v) is 3.64. The molecule has 0 saturated carbocycles. The van der Waals surface area contributed by atoms with Crippen LogP contribution < -0.4 is 0 Å². The van der Waals surface area contributed by atoms with Gasteiger partial charge in [0.2, 0.25) is 5.91 Å². The van der Waals surface area contributed by atoms with E-state index >= 15 is 0 Å². The average molecular weight is 346 g/mol. The highest BCUT2D eigenvalue weighted by atomic mass is 16.2. The summed E-state index contributed by atoms with van der Waals surface area (Å²) in [5.74, 6) is 0.230. The molecule has 0 radical (unpaired) electrons. The van der Waals surface area contributed by atoms with Crippen LogP contribution in [0.3, 0.4) is 0 Å². The fraction of sp³-hybridized carbons (Fsp3) is 0.722. The molecule has 7 nitrogen and oxygen atoms in total. The highest BCUT2D eigenvalue weighted by Crippen LogP contribution is 2.21. The number of hydrogen-bond donors (Lipinski definition) is 0. The van der Waals surface area contributed by atoms with E-state index in [0.29, 0.717) is 19.0 Å². The Bertz CT molecular complexity index is 723. The first-order valence-electron chi connectivity index (χ1n) is 9.42. The maximum atomic E-state index is 12.5. The summed E-state index contributed by atoms with van der Waals surface area (Å²) in [5.41, 5.74) is 3.07. The topological polar surface area (TPSA) is 59.2 Å². The van der Waals surface area contributed by atoms with Gasteiger partial charge in [-0.15, -0.1) is 0 Å². The molecule has 3 rings (SSSR count). The zero-order chi connectivity index (χ0) is 18.0. The fourth-order valence-electron chi connectivity index (χ4n) is 3.64. The second-order valence-corrected chi connectivity index (χ2v) is 7.20. The number of carbonyl (C=O) groups is 1. The minimum atomic E-state index is 0.230. The van der Waals surface area contributed by atoms with Crippen LogP contribution in [-0.4, -0.2) is 68.0 Å². The Morgan fingerprint density at radius 1 is 1.20 bits per heavy atom. The molecule has 1 aliphatic heterocycles. The number of hydrogen-bond acceptors (Lipinski definition) is 4. The third-order valence-electron chi connectivity index (χ3n) is 4.96. The lowest BCUT2D eigenvalue weighted by atomic mass is 10.2. The average Bonchev–Trinajstić information content (AvgIpc) is 3.15. The van der Waals surface area contributed by atoms with E-state index in [1.54, 1.807) is 0 Å². The molecular weight excluding hydrogens is 316 g/mol. The highest BCUT2D eigenvalue weighted by Gasteiger charge is 2.21. The summed E-state index contributed by atoms with van der Waals surface area (Å²) in [5, 5.41) is 9.10. The number of rotatable bonds is 6. The minimum absolute atomic E-state index is 0.230. The van der Waals surface area contributed by atoms with Crippen LogP contribution in [0.25, 0.3) is 11.0 Å². The van der Waals surface area contributed by atoms with Crippen molar-refractivity contribution in [2.24, 2.45) is 0 Å². The van der Waals surface area contributed by atoms with Gasteiger partial charge in [0.1, 0.15) is 11.0 Å². The lowest BCUT2D eigenvalue weighted by molar-refractivity contribution is -0.133. The van der Waals surface area contributed by atoms with Crippen LogP contribution >= 0.6 is 0 Å². The maximum absolute atomic E-state index is 12.5.